The molecule has 4 N–H and O–H groups in total. The third-order valence-corrected chi connectivity index (χ3v) is 7.61. The van der Waals surface area contributed by atoms with Gasteiger partial charge in [-0.1, -0.05) is 18.5 Å². The van der Waals surface area contributed by atoms with Crippen LogP contribution in [0.5, 0.6) is 5.75 Å². The van der Waals surface area contributed by atoms with Gasteiger partial charge in [-0.15, -0.1) is 0 Å². The number of fused-ring (bicyclic) bond motifs is 2. The first kappa shape index (κ1) is 31.4. The zero-order chi connectivity index (χ0) is 30.6. The average molecular weight is 601 g/mol. The summed E-state index contributed by atoms with van der Waals surface area (Å²) in [5.41, 5.74) is 4.39. The molecule has 42 heavy (non-hydrogen) atoms. The van der Waals surface area contributed by atoms with Gasteiger partial charge in [0.25, 0.3) is 0 Å². The van der Waals surface area contributed by atoms with E-state index in [9.17, 15) is 18.0 Å². The summed E-state index contributed by atoms with van der Waals surface area (Å²) in [7, 11) is 1.89. The van der Waals surface area contributed by atoms with Gasteiger partial charge in [-0.05, 0) is 68.6 Å². The fourth-order valence-corrected chi connectivity index (χ4v) is 5.39. The van der Waals surface area contributed by atoms with E-state index in [0.29, 0.717) is 34.9 Å². The number of rotatable bonds is 6. The summed E-state index contributed by atoms with van der Waals surface area (Å²) in [6, 6.07) is 8.84. The van der Waals surface area contributed by atoms with Crippen LogP contribution < -0.4 is 16.0 Å². The van der Waals surface area contributed by atoms with Gasteiger partial charge in [0.15, 0.2) is 11.6 Å². The molecule has 0 radical (unpaired) electrons. The highest BCUT2D eigenvalue weighted by Gasteiger charge is 2.35. The molecule has 1 saturated carbocycles. The van der Waals surface area contributed by atoms with E-state index in [1.54, 1.807) is 18.3 Å². The zero-order valence-electron chi connectivity index (χ0n) is 23.4. The number of likely N-dealkylation sites (N-methyl/N-ethyl adjacent to an activating group) is 1. The number of aldehydes is 1. The molecule has 2 unspecified atom stereocenters. The van der Waals surface area contributed by atoms with Crippen molar-refractivity contribution >= 4 is 28.8 Å². The topological polar surface area (TPSA) is 110 Å². The molecule has 0 spiro atoms. The molecule has 2 aromatic heterocycles. The Bertz CT molecular complexity index is 1600. The molecular weight excluding hydrogens is 569 g/mol. The summed E-state index contributed by atoms with van der Waals surface area (Å²) >= 11 is 5.97. The highest BCUT2D eigenvalue weighted by molar-refractivity contribution is 6.35. The number of hydrogen-bond acceptors (Lipinski definition) is 7. The number of hydrogen-bond donors (Lipinski definition) is 3. The van der Waals surface area contributed by atoms with Crippen LogP contribution in [-0.2, 0) is 0 Å². The van der Waals surface area contributed by atoms with Gasteiger partial charge < -0.3 is 15.3 Å². The van der Waals surface area contributed by atoms with Gasteiger partial charge in [0.2, 0.25) is 0 Å². The van der Waals surface area contributed by atoms with E-state index in [1.807, 2.05) is 33.0 Å². The van der Waals surface area contributed by atoms with Gasteiger partial charge >= 0.3 is 0 Å². The Morgan fingerprint density at radius 1 is 1.12 bits per heavy atom. The van der Waals surface area contributed by atoms with Crippen LogP contribution in [0.2, 0.25) is 5.02 Å². The second-order valence-electron chi connectivity index (χ2n) is 10.5. The van der Waals surface area contributed by atoms with Crippen LogP contribution >= 0.6 is 11.6 Å². The van der Waals surface area contributed by atoms with E-state index in [4.69, 9.17) is 21.5 Å². The van der Waals surface area contributed by atoms with Crippen LogP contribution in [0.25, 0.3) is 22.2 Å². The Kier molecular flexibility index (Phi) is 10.2. The van der Waals surface area contributed by atoms with E-state index < -0.39 is 17.5 Å². The van der Waals surface area contributed by atoms with Gasteiger partial charge in [-0.2, -0.15) is 0 Å². The molecule has 2 aliphatic rings. The fourth-order valence-electron chi connectivity index (χ4n) is 5.10. The van der Waals surface area contributed by atoms with Gasteiger partial charge in [-0.3, -0.25) is 9.78 Å². The van der Waals surface area contributed by atoms with Crippen molar-refractivity contribution in [3.63, 3.8) is 0 Å². The van der Waals surface area contributed by atoms with Crippen LogP contribution in [0.15, 0.2) is 42.6 Å². The second kappa shape index (κ2) is 13.6. The number of halogens is 4. The van der Waals surface area contributed by atoms with Gasteiger partial charge in [0.1, 0.15) is 23.5 Å². The lowest BCUT2D eigenvalue weighted by Gasteiger charge is -2.19. The molecule has 7 nitrogen and oxygen atoms in total. The van der Waals surface area contributed by atoms with Crippen molar-refractivity contribution in [2.24, 2.45) is 11.8 Å². The molecule has 1 aliphatic heterocycles. The van der Waals surface area contributed by atoms with Crippen molar-refractivity contribution in [2.75, 3.05) is 20.2 Å². The maximum Gasteiger partial charge on any atom is 0.161 e. The molecule has 3 heterocycles. The average Bonchev–Trinajstić information content (AvgIpc) is 3.76. The number of carbonyl (C=O) groups is 1. The first-order chi connectivity index (χ1) is 20.2. The van der Waals surface area contributed by atoms with Crippen LogP contribution in [0.3, 0.4) is 0 Å². The van der Waals surface area contributed by atoms with Crippen LogP contribution in [0, 0.1) is 30.3 Å². The Labute approximate surface area is 246 Å². The number of ether oxygens (including phenoxy) is 1. The van der Waals surface area contributed by atoms with Crippen molar-refractivity contribution in [3.05, 3.63) is 87.5 Å². The summed E-state index contributed by atoms with van der Waals surface area (Å²) < 4.78 is 47.3. The number of nitrogens with zero attached hydrogens (tertiary/aromatic N) is 2. The minimum Gasteiger partial charge on any atom is -0.490 e. The predicted octanol–water partition coefficient (Wildman–Crippen LogP) is 6.72. The SMILES string of the molecule is CNCC(c1cc2c(c(-c3cc(F)c(F)cc3F)n1)OCC2C)C1CC1.Cc1cnc2c(Cl)cc(C=O)cc2c1.NO. The lowest BCUT2D eigenvalue weighted by atomic mass is 9.93. The summed E-state index contributed by atoms with van der Waals surface area (Å²) in [4.78, 5) is 19.5. The lowest BCUT2D eigenvalue weighted by Crippen LogP contribution is -2.20. The molecule has 1 aliphatic carbocycles. The largest absolute Gasteiger partial charge is 0.490 e. The van der Waals surface area contributed by atoms with Crippen LogP contribution in [0.1, 0.15) is 58.8 Å². The molecule has 0 saturated heterocycles. The van der Waals surface area contributed by atoms with Crippen molar-refractivity contribution in [1.29, 1.82) is 0 Å². The monoisotopic (exact) mass is 600 g/mol. The Hall–Kier alpha value is -3.57. The number of pyridine rings is 2. The molecule has 1 fully saturated rings. The van der Waals surface area contributed by atoms with E-state index in [0.717, 1.165) is 59.5 Å². The van der Waals surface area contributed by atoms with E-state index in [-0.39, 0.29) is 23.1 Å². The van der Waals surface area contributed by atoms with Crippen molar-refractivity contribution in [2.45, 2.75) is 38.5 Å². The zero-order valence-corrected chi connectivity index (χ0v) is 24.2. The summed E-state index contributed by atoms with van der Waals surface area (Å²) in [5.74, 6) is 1.74. The number of aromatic nitrogens is 2. The highest BCUT2D eigenvalue weighted by Crippen LogP contribution is 2.47. The van der Waals surface area contributed by atoms with E-state index >= 15 is 0 Å². The first-order valence-corrected chi connectivity index (χ1v) is 13.8. The maximum absolute atomic E-state index is 14.4. The molecule has 2 atom stereocenters. The molecule has 6 rings (SSSR count). The van der Waals surface area contributed by atoms with Gasteiger partial charge in [0.05, 0.1) is 17.1 Å². The molecular formula is C31H32ClF3N4O3. The number of nitrogens with two attached hydrogens (primary N) is 1. The summed E-state index contributed by atoms with van der Waals surface area (Å²) in [6.07, 6.45) is 4.83. The molecule has 222 valence electrons. The van der Waals surface area contributed by atoms with Crippen LogP contribution in [-0.4, -0.2) is 41.7 Å². The number of nitrogens with one attached hydrogen (secondary N) is 1. The minimum atomic E-state index is -1.21. The Morgan fingerprint density at radius 3 is 2.50 bits per heavy atom. The predicted molar refractivity (Wildman–Crippen MR) is 156 cm³/mol. The third-order valence-electron chi connectivity index (χ3n) is 7.32. The normalized spacial score (nSPS) is 16.0. The van der Waals surface area contributed by atoms with Crippen molar-refractivity contribution in [1.82, 2.24) is 15.3 Å². The standard InChI is InChI=1S/C20H21F3N2O.C11H8ClNO.H3NO/c1-10-9-26-20-12(10)6-18(14(8-24-2)11-3-4-11)25-19(20)13-5-16(22)17(23)7-15(13)21;1-7-2-9-3-8(6-14)4-10(12)11(9)13-5-7;1-2/h5-7,10-11,14,24H,3-4,8-9H2,1-2H3;2-6H,1H3;2H,1H2. The maximum atomic E-state index is 14.4. The molecule has 4 aromatic rings. The second-order valence-corrected chi connectivity index (χ2v) is 10.9. The smallest absolute Gasteiger partial charge is 0.161 e. The molecule has 0 bridgehead atoms. The van der Waals surface area contributed by atoms with Gasteiger partial charge in [0, 0.05) is 58.4 Å². The Morgan fingerprint density at radius 2 is 1.83 bits per heavy atom. The van der Waals surface area contributed by atoms with E-state index in [1.165, 1.54) is 0 Å². The fraction of sp³-hybridized carbons (Fsp3) is 0.323. The first-order valence-electron chi connectivity index (χ1n) is 13.4. The van der Waals surface area contributed by atoms with Gasteiger partial charge in [-0.25, -0.2) is 24.1 Å². The number of carbonyl (C=O) groups excluding carboxylic acids is 1. The molecule has 11 heteroatoms. The third kappa shape index (κ3) is 6.73. The van der Waals surface area contributed by atoms with Crippen molar-refractivity contribution < 1.29 is 27.9 Å². The summed E-state index contributed by atoms with van der Waals surface area (Å²) in [5, 5.41) is 11.1. The highest BCUT2D eigenvalue weighted by atomic mass is 35.5. The summed E-state index contributed by atoms with van der Waals surface area (Å²) in [6.45, 7) is 5.23. The quantitative estimate of drug-likeness (QED) is 0.128. The minimum absolute atomic E-state index is 0.0601. The number of benzene rings is 2. The lowest BCUT2D eigenvalue weighted by molar-refractivity contribution is 0.112. The molecule has 0 amide bonds. The van der Waals surface area contributed by atoms with Crippen molar-refractivity contribution in [3.8, 4) is 17.0 Å². The Balaban J connectivity index is 0.000000214. The number of aryl methyl sites for hydroxylation is 1. The van der Waals surface area contributed by atoms with E-state index in [2.05, 4.69) is 21.2 Å². The van der Waals surface area contributed by atoms with Crippen LogP contribution in [0.4, 0.5) is 13.2 Å². The molecule has 2 aromatic carbocycles.